The fourth-order valence-corrected chi connectivity index (χ4v) is 1.81. The van der Waals surface area contributed by atoms with E-state index in [9.17, 15) is 10.1 Å². The van der Waals surface area contributed by atoms with Crippen molar-refractivity contribution in [2.45, 2.75) is 6.54 Å². The summed E-state index contributed by atoms with van der Waals surface area (Å²) >= 11 is 5.14. The zero-order valence-electron chi connectivity index (χ0n) is 10.7. The van der Waals surface area contributed by atoms with Crippen LogP contribution in [0.4, 0.5) is 11.4 Å². The number of nitrogens with one attached hydrogen (secondary N) is 2. The Labute approximate surface area is 120 Å². The summed E-state index contributed by atoms with van der Waals surface area (Å²) in [5, 5.41) is 21.0. The van der Waals surface area contributed by atoms with Gasteiger partial charge in [-0.2, -0.15) is 5.10 Å². The largest absolute Gasteiger partial charge is 0.357 e. The van der Waals surface area contributed by atoms with Crippen LogP contribution in [0, 0.1) is 10.1 Å². The molecule has 2 rings (SSSR count). The molecule has 0 saturated carbocycles. The fourth-order valence-electron chi connectivity index (χ4n) is 1.62. The lowest BCUT2D eigenvalue weighted by Gasteiger charge is -2.10. The molecule has 0 bridgehead atoms. The van der Waals surface area contributed by atoms with Gasteiger partial charge in [-0.05, 0) is 24.4 Å². The van der Waals surface area contributed by atoms with Crippen molar-refractivity contribution in [2.24, 2.45) is 7.05 Å². The average molecular weight is 291 g/mol. The van der Waals surface area contributed by atoms with Crippen LogP contribution in [0.2, 0.25) is 0 Å². The third kappa shape index (κ3) is 3.51. The number of nitro groups is 1. The maximum absolute atomic E-state index is 10.7. The Balaban J connectivity index is 1.93. The topological polar surface area (TPSA) is 85.0 Å². The zero-order valence-corrected chi connectivity index (χ0v) is 11.6. The smallest absolute Gasteiger partial charge is 0.271 e. The molecule has 0 atom stereocenters. The minimum absolute atomic E-state index is 0.0180. The molecule has 0 unspecified atom stereocenters. The molecule has 20 heavy (non-hydrogen) atoms. The Kier molecular flexibility index (Phi) is 4.26. The summed E-state index contributed by atoms with van der Waals surface area (Å²) < 4.78 is 1.74. The monoisotopic (exact) mass is 291 g/mol. The van der Waals surface area contributed by atoms with Crippen molar-refractivity contribution < 1.29 is 4.92 Å². The van der Waals surface area contributed by atoms with Crippen LogP contribution in [-0.2, 0) is 13.6 Å². The SMILES string of the molecule is Cn1nccc1CNC(=S)Nc1cccc([N+](=O)[O-])c1. The number of thiocarbonyl (C=S) groups is 1. The lowest BCUT2D eigenvalue weighted by molar-refractivity contribution is -0.384. The molecule has 1 aromatic heterocycles. The molecule has 0 aliphatic rings. The number of nitrogens with zero attached hydrogens (tertiary/aromatic N) is 3. The van der Waals surface area contributed by atoms with E-state index in [0.717, 1.165) is 5.69 Å². The number of hydrogen-bond donors (Lipinski definition) is 2. The summed E-state index contributed by atoms with van der Waals surface area (Å²) in [6.07, 6.45) is 1.70. The molecule has 2 aromatic rings. The molecular weight excluding hydrogens is 278 g/mol. The van der Waals surface area contributed by atoms with Crippen LogP contribution in [0.5, 0.6) is 0 Å². The van der Waals surface area contributed by atoms with Gasteiger partial charge in [0, 0.05) is 31.1 Å². The molecular formula is C12H13N5O2S. The normalized spacial score (nSPS) is 10.1. The molecule has 2 N–H and O–H groups in total. The van der Waals surface area contributed by atoms with Gasteiger partial charge in [0.1, 0.15) is 0 Å². The van der Waals surface area contributed by atoms with E-state index in [4.69, 9.17) is 12.2 Å². The first kappa shape index (κ1) is 13.9. The van der Waals surface area contributed by atoms with Crippen molar-refractivity contribution >= 4 is 28.7 Å². The van der Waals surface area contributed by atoms with E-state index in [2.05, 4.69) is 15.7 Å². The highest BCUT2D eigenvalue weighted by Gasteiger charge is 2.06. The van der Waals surface area contributed by atoms with Crippen LogP contribution in [-0.4, -0.2) is 19.8 Å². The summed E-state index contributed by atoms with van der Waals surface area (Å²) in [7, 11) is 1.84. The van der Waals surface area contributed by atoms with Gasteiger partial charge in [0.25, 0.3) is 5.69 Å². The predicted molar refractivity (Wildman–Crippen MR) is 79.4 cm³/mol. The van der Waals surface area contributed by atoms with Crippen LogP contribution in [0.3, 0.4) is 0 Å². The molecule has 7 nitrogen and oxygen atoms in total. The van der Waals surface area contributed by atoms with E-state index < -0.39 is 4.92 Å². The minimum Gasteiger partial charge on any atom is -0.357 e. The molecule has 0 fully saturated rings. The molecule has 8 heteroatoms. The van der Waals surface area contributed by atoms with Gasteiger partial charge in [-0.15, -0.1) is 0 Å². The average Bonchev–Trinajstić information content (AvgIpc) is 2.82. The number of benzene rings is 1. The van der Waals surface area contributed by atoms with Crippen molar-refractivity contribution in [1.29, 1.82) is 0 Å². The van der Waals surface area contributed by atoms with Gasteiger partial charge in [-0.1, -0.05) is 6.07 Å². The number of hydrogen-bond acceptors (Lipinski definition) is 4. The maximum atomic E-state index is 10.7. The van der Waals surface area contributed by atoms with Crippen molar-refractivity contribution in [3.8, 4) is 0 Å². The fraction of sp³-hybridized carbons (Fsp3) is 0.167. The second-order valence-electron chi connectivity index (χ2n) is 4.06. The maximum Gasteiger partial charge on any atom is 0.271 e. The summed E-state index contributed by atoms with van der Waals surface area (Å²) in [4.78, 5) is 10.2. The standard InChI is InChI=1S/C12H13N5O2S/c1-16-11(5-6-14-16)8-13-12(20)15-9-3-2-4-10(7-9)17(18)19/h2-7H,8H2,1H3,(H2,13,15,20). The van der Waals surface area contributed by atoms with Crippen LogP contribution < -0.4 is 10.6 Å². The predicted octanol–water partition coefficient (Wildman–Crippen LogP) is 1.81. The first-order valence-corrected chi connectivity index (χ1v) is 6.23. The third-order valence-electron chi connectivity index (χ3n) is 2.67. The number of anilines is 1. The van der Waals surface area contributed by atoms with E-state index in [1.54, 1.807) is 23.0 Å². The Morgan fingerprint density at radius 3 is 2.95 bits per heavy atom. The second-order valence-corrected chi connectivity index (χ2v) is 4.47. The van der Waals surface area contributed by atoms with Crippen molar-refractivity contribution in [1.82, 2.24) is 15.1 Å². The highest BCUT2D eigenvalue weighted by molar-refractivity contribution is 7.80. The van der Waals surface area contributed by atoms with Gasteiger partial charge in [0.15, 0.2) is 5.11 Å². The van der Waals surface area contributed by atoms with Crippen molar-refractivity contribution in [3.63, 3.8) is 0 Å². The first-order valence-electron chi connectivity index (χ1n) is 5.82. The molecule has 0 amide bonds. The molecule has 104 valence electrons. The Morgan fingerprint density at radius 2 is 2.30 bits per heavy atom. The van der Waals surface area contributed by atoms with Crippen LogP contribution in [0.15, 0.2) is 36.5 Å². The van der Waals surface area contributed by atoms with E-state index in [1.165, 1.54) is 12.1 Å². The first-order chi connectivity index (χ1) is 9.56. The summed E-state index contributed by atoms with van der Waals surface area (Å²) in [6.45, 7) is 0.525. The van der Waals surface area contributed by atoms with Gasteiger partial charge in [0.05, 0.1) is 17.2 Å². The van der Waals surface area contributed by atoms with Gasteiger partial charge < -0.3 is 10.6 Å². The van der Waals surface area contributed by atoms with Crippen molar-refractivity contribution in [3.05, 3.63) is 52.3 Å². The molecule has 0 radical (unpaired) electrons. The Morgan fingerprint density at radius 1 is 1.50 bits per heavy atom. The number of aromatic nitrogens is 2. The van der Waals surface area contributed by atoms with Crippen LogP contribution in [0.25, 0.3) is 0 Å². The van der Waals surface area contributed by atoms with E-state index in [-0.39, 0.29) is 5.69 Å². The molecule has 0 aliphatic carbocycles. The number of nitro benzene ring substituents is 1. The Hall–Kier alpha value is -2.48. The van der Waals surface area contributed by atoms with Gasteiger partial charge in [-0.25, -0.2) is 0 Å². The lowest BCUT2D eigenvalue weighted by atomic mass is 10.3. The Bertz CT molecular complexity index is 640. The van der Waals surface area contributed by atoms with Gasteiger partial charge in [0.2, 0.25) is 0 Å². The van der Waals surface area contributed by atoms with Crippen LogP contribution in [0.1, 0.15) is 5.69 Å². The van der Waals surface area contributed by atoms with Crippen LogP contribution >= 0.6 is 12.2 Å². The number of rotatable bonds is 4. The molecule has 1 aromatic carbocycles. The van der Waals surface area contributed by atoms with Gasteiger partial charge >= 0.3 is 0 Å². The van der Waals surface area contributed by atoms with Gasteiger partial charge in [-0.3, -0.25) is 14.8 Å². The summed E-state index contributed by atoms with van der Waals surface area (Å²) in [5.41, 5.74) is 1.57. The zero-order chi connectivity index (χ0) is 14.5. The summed E-state index contributed by atoms with van der Waals surface area (Å²) in [6, 6.07) is 8.05. The quantitative estimate of drug-likeness (QED) is 0.508. The highest BCUT2D eigenvalue weighted by Crippen LogP contribution is 2.16. The van der Waals surface area contributed by atoms with E-state index in [1.807, 2.05) is 13.1 Å². The lowest BCUT2D eigenvalue weighted by Crippen LogP contribution is -2.28. The minimum atomic E-state index is -0.447. The summed E-state index contributed by atoms with van der Waals surface area (Å²) in [5.74, 6) is 0. The number of non-ortho nitro benzene ring substituents is 1. The van der Waals surface area contributed by atoms with E-state index in [0.29, 0.717) is 17.3 Å². The third-order valence-corrected chi connectivity index (χ3v) is 2.91. The number of aryl methyl sites for hydroxylation is 1. The second kappa shape index (κ2) is 6.11. The molecule has 1 heterocycles. The molecule has 0 spiro atoms. The molecule has 0 saturated heterocycles. The highest BCUT2D eigenvalue weighted by atomic mass is 32.1. The van der Waals surface area contributed by atoms with Crippen molar-refractivity contribution in [2.75, 3.05) is 5.32 Å². The molecule has 0 aliphatic heterocycles. The van der Waals surface area contributed by atoms with E-state index >= 15 is 0 Å².